The molecule has 0 amide bonds. The number of hydrogen-bond donors (Lipinski definition) is 1. The summed E-state index contributed by atoms with van der Waals surface area (Å²) in [7, 11) is 0. The van der Waals surface area contributed by atoms with E-state index in [9.17, 15) is 0 Å². The summed E-state index contributed by atoms with van der Waals surface area (Å²) in [4.78, 5) is 0. The lowest BCUT2D eigenvalue weighted by molar-refractivity contribution is 0.768. The van der Waals surface area contributed by atoms with Crippen LogP contribution in [0.15, 0.2) is 127 Å². The summed E-state index contributed by atoms with van der Waals surface area (Å²) in [6.07, 6.45) is 0. The van der Waals surface area contributed by atoms with Crippen molar-refractivity contribution in [2.45, 2.75) is 12.3 Å². The molecule has 0 heterocycles. The van der Waals surface area contributed by atoms with Gasteiger partial charge in [0.25, 0.3) is 0 Å². The Labute approximate surface area is 195 Å². The van der Waals surface area contributed by atoms with Gasteiger partial charge < -0.3 is 5.32 Å². The zero-order valence-corrected chi connectivity index (χ0v) is 18.6. The van der Waals surface area contributed by atoms with Gasteiger partial charge in [-0.2, -0.15) is 0 Å². The number of para-hydroxylation sites is 1. The van der Waals surface area contributed by atoms with Crippen LogP contribution in [0.25, 0.3) is 11.1 Å². The standard InChI is InChI=1S/C32H25N/c1-23-12-11-19-29-31(23)28-21-20-27(33-26-17-9-4-10-18-26)22-30(28)32(29,24-13-5-2-6-14-24)25-15-7-3-8-16-25/h2-22,33H,1H3. The van der Waals surface area contributed by atoms with Crippen molar-refractivity contribution in [2.75, 3.05) is 5.32 Å². The molecular weight excluding hydrogens is 398 g/mol. The Morgan fingerprint density at radius 2 is 1.12 bits per heavy atom. The summed E-state index contributed by atoms with van der Waals surface area (Å²) in [6, 6.07) is 45.8. The smallest absolute Gasteiger partial charge is 0.0714 e. The topological polar surface area (TPSA) is 12.0 Å². The number of nitrogens with one attached hydrogen (secondary N) is 1. The molecule has 0 aromatic heterocycles. The first-order valence-electron chi connectivity index (χ1n) is 11.5. The number of benzene rings is 5. The van der Waals surface area contributed by atoms with Gasteiger partial charge in [-0.1, -0.05) is 103 Å². The van der Waals surface area contributed by atoms with E-state index in [2.05, 4.69) is 134 Å². The lowest BCUT2D eigenvalue weighted by atomic mass is 9.67. The first-order chi connectivity index (χ1) is 16.3. The third-order valence-corrected chi connectivity index (χ3v) is 6.85. The van der Waals surface area contributed by atoms with Crippen LogP contribution >= 0.6 is 0 Å². The third kappa shape index (κ3) is 3.01. The van der Waals surface area contributed by atoms with Gasteiger partial charge >= 0.3 is 0 Å². The van der Waals surface area contributed by atoms with E-state index in [1.54, 1.807) is 0 Å². The normalized spacial score (nSPS) is 13.2. The fourth-order valence-corrected chi connectivity index (χ4v) is 5.49. The largest absolute Gasteiger partial charge is 0.356 e. The highest BCUT2D eigenvalue weighted by atomic mass is 14.9. The molecular formula is C32H25N. The number of anilines is 2. The second-order valence-corrected chi connectivity index (χ2v) is 8.73. The lowest BCUT2D eigenvalue weighted by Gasteiger charge is -2.34. The highest BCUT2D eigenvalue weighted by Gasteiger charge is 2.46. The quantitative estimate of drug-likeness (QED) is 0.302. The van der Waals surface area contributed by atoms with Gasteiger partial charge in [-0.3, -0.25) is 0 Å². The molecule has 0 unspecified atom stereocenters. The maximum atomic E-state index is 3.62. The number of aryl methyl sites for hydroxylation is 1. The lowest BCUT2D eigenvalue weighted by Crippen LogP contribution is -2.28. The van der Waals surface area contributed by atoms with Crippen molar-refractivity contribution in [1.29, 1.82) is 0 Å². The fourth-order valence-electron chi connectivity index (χ4n) is 5.49. The van der Waals surface area contributed by atoms with Crippen LogP contribution in [0.5, 0.6) is 0 Å². The minimum absolute atomic E-state index is 0.367. The van der Waals surface area contributed by atoms with E-state index in [0.29, 0.717) is 0 Å². The molecule has 1 N–H and O–H groups in total. The fraction of sp³-hybridized carbons (Fsp3) is 0.0625. The van der Waals surface area contributed by atoms with Crippen molar-refractivity contribution in [1.82, 2.24) is 0 Å². The summed E-state index contributed by atoms with van der Waals surface area (Å²) >= 11 is 0. The molecule has 158 valence electrons. The van der Waals surface area contributed by atoms with Crippen molar-refractivity contribution in [3.8, 4) is 11.1 Å². The molecule has 0 spiro atoms. The second-order valence-electron chi connectivity index (χ2n) is 8.73. The van der Waals surface area contributed by atoms with Crippen molar-refractivity contribution in [3.05, 3.63) is 155 Å². The summed E-state index contributed by atoms with van der Waals surface area (Å²) in [6.45, 7) is 2.23. The van der Waals surface area contributed by atoms with E-state index >= 15 is 0 Å². The van der Waals surface area contributed by atoms with Crippen molar-refractivity contribution in [2.24, 2.45) is 0 Å². The summed E-state index contributed by atoms with van der Waals surface area (Å²) in [5.41, 5.74) is 11.1. The van der Waals surface area contributed by atoms with E-state index in [1.165, 1.54) is 38.9 Å². The Morgan fingerprint density at radius 1 is 0.515 bits per heavy atom. The van der Waals surface area contributed by atoms with Gasteiger partial charge in [0.1, 0.15) is 0 Å². The average Bonchev–Trinajstić information content (AvgIpc) is 3.17. The first kappa shape index (κ1) is 19.6. The number of rotatable bonds is 4. The van der Waals surface area contributed by atoms with Crippen LogP contribution in [0.2, 0.25) is 0 Å². The van der Waals surface area contributed by atoms with E-state index in [1.807, 2.05) is 6.07 Å². The maximum absolute atomic E-state index is 3.62. The molecule has 1 heteroatoms. The van der Waals surface area contributed by atoms with Crippen molar-refractivity contribution in [3.63, 3.8) is 0 Å². The third-order valence-electron chi connectivity index (χ3n) is 6.85. The van der Waals surface area contributed by atoms with Crippen LogP contribution in [0.4, 0.5) is 11.4 Å². The monoisotopic (exact) mass is 423 g/mol. The van der Waals surface area contributed by atoms with Gasteiger partial charge in [0, 0.05) is 11.4 Å². The zero-order valence-electron chi connectivity index (χ0n) is 18.6. The highest BCUT2D eigenvalue weighted by Crippen LogP contribution is 2.57. The van der Waals surface area contributed by atoms with E-state index < -0.39 is 0 Å². The molecule has 1 aliphatic carbocycles. The Bertz CT molecular complexity index is 1380. The van der Waals surface area contributed by atoms with E-state index in [0.717, 1.165) is 11.4 Å². The number of fused-ring (bicyclic) bond motifs is 3. The van der Waals surface area contributed by atoms with Crippen molar-refractivity contribution < 1.29 is 0 Å². The van der Waals surface area contributed by atoms with Crippen molar-refractivity contribution >= 4 is 11.4 Å². The molecule has 33 heavy (non-hydrogen) atoms. The Morgan fingerprint density at radius 3 is 1.76 bits per heavy atom. The molecule has 1 aliphatic rings. The maximum Gasteiger partial charge on any atom is 0.0714 e. The van der Waals surface area contributed by atoms with E-state index in [-0.39, 0.29) is 5.41 Å². The first-order valence-corrected chi connectivity index (χ1v) is 11.5. The van der Waals surface area contributed by atoms with Gasteiger partial charge in [0.2, 0.25) is 0 Å². The Hall–Kier alpha value is -4.10. The Balaban J connectivity index is 1.68. The molecule has 1 nitrogen and oxygen atoms in total. The molecule has 0 saturated heterocycles. The molecule has 5 aromatic carbocycles. The summed E-state index contributed by atoms with van der Waals surface area (Å²) in [5, 5.41) is 3.62. The van der Waals surface area contributed by atoms with Gasteiger partial charge in [-0.25, -0.2) is 0 Å². The predicted molar refractivity (Wildman–Crippen MR) is 138 cm³/mol. The average molecular weight is 424 g/mol. The highest BCUT2D eigenvalue weighted by molar-refractivity contribution is 5.89. The number of hydrogen-bond acceptors (Lipinski definition) is 1. The molecule has 0 fully saturated rings. The van der Waals surface area contributed by atoms with E-state index in [4.69, 9.17) is 0 Å². The Kier molecular flexibility index (Phi) is 4.62. The van der Waals surface area contributed by atoms with Crippen LogP contribution in [0.1, 0.15) is 27.8 Å². The molecule has 0 radical (unpaired) electrons. The second kappa shape index (κ2) is 7.79. The van der Waals surface area contributed by atoms with Gasteiger partial charge in [-0.05, 0) is 70.1 Å². The van der Waals surface area contributed by atoms with Crippen LogP contribution in [-0.4, -0.2) is 0 Å². The van der Waals surface area contributed by atoms with Crippen LogP contribution < -0.4 is 5.32 Å². The predicted octanol–water partition coefficient (Wildman–Crippen LogP) is 8.10. The summed E-state index contributed by atoms with van der Waals surface area (Å²) in [5.74, 6) is 0. The molecule has 0 aliphatic heterocycles. The van der Waals surface area contributed by atoms with Gasteiger partial charge in [0.05, 0.1) is 5.41 Å². The SMILES string of the molecule is Cc1cccc2c1-c1ccc(Nc3ccccc3)cc1C2(c1ccccc1)c1ccccc1. The van der Waals surface area contributed by atoms with Gasteiger partial charge in [-0.15, -0.1) is 0 Å². The van der Waals surface area contributed by atoms with Crippen LogP contribution in [0.3, 0.4) is 0 Å². The zero-order chi connectivity index (χ0) is 22.3. The molecule has 5 aromatic rings. The van der Waals surface area contributed by atoms with Gasteiger partial charge in [0.15, 0.2) is 0 Å². The van der Waals surface area contributed by atoms with Crippen LogP contribution in [-0.2, 0) is 5.41 Å². The molecule has 0 saturated carbocycles. The minimum Gasteiger partial charge on any atom is -0.356 e. The molecule has 0 bridgehead atoms. The molecule has 6 rings (SSSR count). The summed E-state index contributed by atoms with van der Waals surface area (Å²) < 4.78 is 0. The molecule has 0 atom stereocenters. The minimum atomic E-state index is -0.367. The van der Waals surface area contributed by atoms with Crippen LogP contribution in [0, 0.1) is 6.92 Å².